The molecule has 0 unspecified atom stereocenters. The molecule has 1 fully saturated rings. The SMILES string of the molecule is COC(=O)C[C@](O)(CCCC(C)(C)OC(=O)c1scnc1C)C(=O)O[C@@H]1C(OC)=C[C@H]2CCCN3CCc4cc5c(cc4[C@H]1[C@@H]23)OCO5. The highest BCUT2D eigenvalue weighted by molar-refractivity contribution is 7.11. The molecule has 1 saturated heterocycles. The zero-order valence-electron chi connectivity index (χ0n) is 28.1. The average Bonchev–Trinajstić information content (AvgIpc) is 3.66. The summed E-state index contributed by atoms with van der Waals surface area (Å²) in [5, 5.41) is 11.9. The summed E-state index contributed by atoms with van der Waals surface area (Å²) in [6.07, 6.45) is 3.83. The molecular weight excluding hydrogens is 640 g/mol. The Bertz CT molecular complexity index is 1590. The number of aromatic nitrogens is 1. The van der Waals surface area contributed by atoms with E-state index in [9.17, 15) is 19.5 Å². The number of thiazole rings is 1. The third kappa shape index (κ3) is 6.77. The van der Waals surface area contributed by atoms with Gasteiger partial charge in [-0.15, -0.1) is 11.3 Å². The molecule has 1 aromatic heterocycles. The third-order valence-electron chi connectivity index (χ3n) is 10.0. The van der Waals surface area contributed by atoms with Crippen LogP contribution in [0, 0.1) is 12.8 Å². The second-order valence-corrected chi connectivity index (χ2v) is 14.5. The normalized spacial score (nSPS) is 24.2. The fourth-order valence-electron chi connectivity index (χ4n) is 7.62. The first kappa shape index (κ1) is 34.2. The lowest BCUT2D eigenvalue weighted by atomic mass is 9.71. The van der Waals surface area contributed by atoms with Gasteiger partial charge in [0.25, 0.3) is 0 Å². The lowest BCUT2D eigenvalue weighted by Crippen LogP contribution is -2.55. The van der Waals surface area contributed by atoms with Gasteiger partial charge in [0.05, 0.1) is 31.8 Å². The Kier molecular flexibility index (Phi) is 9.74. The van der Waals surface area contributed by atoms with E-state index in [2.05, 4.69) is 16.0 Å². The molecule has 260 valence electrons. The number of aryl methyl sites for hydroxylation is 1. The van der Waals surface area contributed by atoms with Crippen molar-refractivity contribution in [3.63, 3.8) is 0 Å². The number of piperidine rings is 1. The van der Waals surface area contributed by atoms with E-state index in [0.29, 0.717) is 34.3 Å². The van der Waals surface area contributed by atoms with E-state index in [4.69, 9.17) is 28.4 Å². The van der Waals surface area contributed by atoms with Gasteiger partial charge in [0.1, 0.15) is 16.2 Å². The fourth-order valence-corrected chi connectivity index (χ4v) is 8.30. The minimum absolute atomic E-state index is 0.0310. The third-order valence-corrected chi connectivity index (χ3v) is 10.9. The lowest BCUT2D eigenvalue weighted by molar-refractivity contribution is -0.180. The summed E-state index contributed by atoms with van der Waals surface area (Å²) < 4.78 is 34.3. The summed E-state index contributed by atoms with van der Waals surface area (Å²) in [5.41, 5.74) is 1.14. The molecule has 0 bridgehead atoms. The first-order chi connectivity index (χ1) is 22.9. The molecule has 0 radical (unpaired) electrons. The molecule has 3 aliphatic heterocycles. The number of rotatable bonds is 11. The van der Waals surface area contributed by atoms with E-state index in [1.165, 1.54) is 18.4 Å². The fraction of sp³-hybridized carbons (Fsp3) is 0.600. The van der Waals surface area contributed by atoms with Gasteiger partial charge >= 0.3 is 17.9 Å². The topological polar surface area (TPSA) is 143 Å². The standard InChI is InChI=1S/C35H44N2O10S/c1-20-31(48-18-36-20)32(39)47-34(2,3)10-7-11-35(41,17-27(38)43-5)33(40)46-30-26(42-4)15-22-8-6-12-37-13-9-21-14-24-25(45-19-44-24)16-23(21)28(30)29(22)37/h14-16,18,22,28-30,41H,6-13,17,19H2,1-5H3/t22-,28+,29-,30-,35-/m1/s1. The zero-order chi connectivity index (χ0) is 34.2. The lowest BCUT2D eigenvalue weighted by Gasteiger charge is -2.48. The first-order valence-electron chi connectivity index (χ1n) is 16.5. The summed E-state index contributed by atoms with van der Waals surface area (Å²) in [6, 6.07) is 4.05. The minimum atomic E-state index is -2.20. The number of benzene rings is 1. The number of carbonyl (C=O) groups excluding carboxylic acids is 3. The van der Waals surface area contributed by atoms with Crippen molar-refractivity contribution in [2.45, 2.75) is 95.0 Å². The van der Waals surface area contributed by atoms with Gasteiger partial charge in [-0.3, -0.25) is 9.69 Å². The van der Waals surface area contributed by atoms with Gasteiger partial charge in [-0.2, -0.15) is 0 Å². The van der Waals surface area contributed by atoms with Crippen molar-refractivity contribution in [3.05, 3.63) is 51.2 Å². The summed E-state index contributed by atoms with van der Waals surface area (Å²) in [4.78, 5) is 46.5. The molecule has 0 spiro atoms. The number of carbonyl (C=O) groups is 3. The molecule has 4 heterocycles. The van der Waals surface area contributed by atoms with Crippen LogP contribution in [0.1, 0.15) is 84.8 Å². The molecule has 13 heteroatoms. The summed E-state index contributed by atoms with van der Waals surface area (Å²) in [7, 11) is 2.76. The number of hydrogen-bond donors (Lipinski definition) is 1. The number of aliphatic hydroxyl groups is 1. The van der Waals surface area contributed by atoms with Gasteiger partial charge in [0, 0.05) is 18.5 Å². The van der Waals surface area contributed by atoms with Crippen molar-refractivity contribution in [2.24, 2.45) is 5.92 Å². The van der Waals surface area contributed by atoms with Crippen molar-refractivity contribution < 1.29 is 47.9 Å². The van der Waals surface area contributed by atoms with Gasteiger partial charge in [-0.25, -0.2) is 14.6 Å². The van der Waals surface area contributed by atoms with E-state index < -0.39 is 41.6 Å². The van der Waals surface area contributed by atoms with Crippen molar-refractivity contribution in [1.82, 2.24) is 9.88 Å². The van der Waals surface area contributed by atoms with E-state index >= 15 is 0 Å². The molecule has 1 aliphatic carbocycles. The number of hydrogen-bond acceptors (Lipinski definition) is 13. The first-order valence-corrected chi connectivity index (χ1v) is 17.4. The Morgan fingerprint density at radius 2 is 1.90 bits per heavy atom. The van der Waals surface area contributed by atoms with Crippen molar-refractivity contribution >= 4 is 29.2 Å². The zero-order valence-corrected chi connectivity index (χ0v) is 28.9. The predicted octanol–water partition coefficient (Wildman–Crippen LogP) is 4.46. The summed E-state index contributed by atoms with van der Waals surface area (Å²) in [6.45, 7) is 7.17. The highest BCUT2D eigenvalue weighted by Crippen LogP contribution is 2.50. The van der Waals surface area contributed by atoms with E-state index in [1.807, 2.05) is 12.1 Å². The van der Waals surface area contributed by atoms with Crippen LogP contribution in [0.25, 0.3) is 0 Å². The molecule has 0 amide bonds. The molecule has 0 saturated carbocycles. The molecule has 4 aliphatic rings. The van der Waals surface area contributed by atoms with Crippen LogP contribution < -0.4 is 9.47 Å². The average molecular weight is 685 g/mol. The molecule has 1 N–H and O–H groups in total. The Labute approximate surface area is 284 Å². The van der Waals surface area contributed by atoms with Crippen LogP contribution in [0.15, 0.2) is 29.5 Å². The van der Waals surface area contributed by atoms with Crippen LogP contribution >= 0.6 is 11.3 Å². The van der Waals surface area contributed by atoms with Gasteiger partial charge in [0.2, 0.25) is 6.79 Å². The number of ether oxygens (including phenoxy) is 6. The van der Waals surface area contributed by atoms with Crippen molar-refractivity contribution in [3.8, 4) is 11.5 Å². The van der Waals surface area contributed by atoms with Crippen LogP contribution in [0.4, 0.5) is 0 Å². The van der Waals surface area contributed by atoms with Crippen LogP contribution in [0.2, 0.25) is 0 Å². The molecule has 12 nitrogen and oxygen atoms in total. The largest absolute Gasteiger partial charge is 0.497 e. The van der Waals surface area contributed by atoms with Crippen molar-refractivity contribution in [1.29, 1.82) is 0 Å². The Morgan fingerprint density at radius 1 is 1.12 bits per heavy atom. The van der Waals surface area contributed by atoms with Gasteiger partial charge < -0.3 is 33.5 Å². The van der Waals surface area contributed by atoms with Crippen LogP contribution in [0.3, 0.4) is 0 Å². The summed E-state index contributed by atoms with van der Waals surface area (Å²) >= 11 is 1.20. The molecule has 5 atom stereocenters. The highest BCUT2D eigenvalue weighted by atomic mass is 32.1. The Balaban J connectivity index is 1.26. The number of fused-ring (bicyclic) bond motifs is 3. The van der Waals surface area contributed by atoms with E-state index in [1.54, 1.807) is 33.4 Å². The van der Waals surface area contributed by atoms with E-state index in [-0.39, 0.29) is 37.5 Å². The quantitative estimate of drug-likeness (QED) is 0.264. The minimum Gasteiger partial charge on any atom is -0.497 e. The maximum Gasteiger partial charge on any atom is 0.350 e. The maximum atomic E-state index is 14.2. The number of esters is 3. The number of nitrogens with zero attached hydrogens (tertiary/aromatic N) is 2. The van der Waals surface area contributed by atoms with Crippen LogP contribution in [-0.2, 0) is 35.0 Å². The van der Waals surface area contributed by atoms with Gasteiger partial charge in [-0.1, -0.05) is 0 Å². The molecular formula is C35H44N2O10S. The predicted molar refractivity (Wildman–Crippen MR) is 174 cm³/mol. The smallest absolute Gasteiger partial charge is 0.350 e. The molecule has 1 aromatic carbocycles. The Hall–Kier alpha value is -3.68. The van der Waals surface area contributed by atoms with Gasteiger partial charge in [-0.05, 0) is 101 Å². The van der Waals surface area contributed by atoms with Gasteiger partial charge in [0.15, 0.2) is 23.2 Å². The second kappa shape index (κ2) is 13.7. The maximum absolute atomic E-state index is 14.2. The summed E-state index contributed by atoms with van der Waals surface area (Å²) in [5.74, 6) is -0.471. The second-order valence-electron chi connectivity index (χ2n) is 13.7. The van der Waals surface area contributed by atoms with Crippen LogP contribution in [0.5, 0.6) is 11.5 Å². The molecule has 2 aromatic rings. The number of methoxy groups -OCH3 is 2. The van der Waals surface area contributed by atoms with Crippen LogP contribution in [-0.4, -0.2) is 90.3 Å². The van der Waals surface area contributed by atoms with Crippen molar-refractivity contribution in [2.75, 3.05) is 34.1 Å². The Morgan fingerprint density at radius 3 is 2.60 bits per heavy atom. The monoisotopic (exact) mass is 684 g/mol. The highest BCUT2D eigenvalue weighted by Gasteiger charge is 2.52. The molecule has 6 rings (SSSR count). The molecule has 48 heavy (non-hydrogen) atoms. The van der Waals surface area contributed by atoms with E-state index in [0.717, 1.165) is 43.5 Å².